The Morgan fingerprint density at radius 1 is 1.38 bits per heavy atom. The van der Waals surface area contributed by atoms with Gasteiger partial charge in [0.15, 0.2) is 11.9 Å². The van der Waals surface area contributed by atoms with Crippen molar-refractivity contribution in [3.8, 4) is 11.8 Å². The molecule has 0 spiro atoms. The van der Waals surface area contributed by atoms with Crippen molar-refractivity contribution >= 4 is 30.4 Å². The molecule has 1 aliphatic heterocycles. The Bertz CT molecular complexity index is 945. The fraction of sp³-hybridized carbons (Fsp3) is 0.542. The summed E-state index contributed by atoms with van der Waals surface area (Å²) in [6.07, 6.45) is 7.20. The summed E-state index contributed by atoms with van der Waals surface area (Å²) >= 11 is 0. The molecule has 1 aromatic heterocycles. The lowest BCUT2D eigenvalue weighted by molar-refractivity contribution is -0.166. The monoisotopic (exact) mass is 438 g/mol. The highest BCUT2D eigenvalue weighted by Crippen LogP contribution is 2.32. The zero-order chi connectivity index (χ0) is 23.3. The molecule has 32 heavy (non-hydrogen) atoms. The van der Waals surface area contributed by atoms with E-state index < -0.39 is 29.9 Å². The third-order valence-electron chi connectivity index (χ3n) is 6.36. The number of nitrogens with zero attached hydrogens (tertiary/aromatic N) is 4. The summed E-state index contributed by atoms with van der Waals surface area (Å²) < 4.78 is 5.15. The van der Waals surface area contributed by atoms with E-state index in [1.54, 1.807) is 31.0 Å². The van der Waals surface area contributed by atoms with Gasteiger partial charge in [-0.05, 0) is 51.5 Å². The van der Waals surface area contributed by atoms with E-state index in [0.717, 1.165) is 30.6 Å². The summed E-state index contributed by atoms with van der Waals surface area (Å²) in [7, 11) is 1.69. The Hall–Kier alpha value is -3.21. The first-order valence-corrected chi connectivity index (χ1v) is 11.1. The summed E-state index contributed by atoms with van der Waals surface area (Å²) in [4.78, 5) is 49.1. The molecule has 0 bridgehead atoms. The van der Waals surface area contributed by atoms with Crippen molar-refractivity contribution in [3.63, 3.8) is 0 Å². The maximum Gasteiger partial charge on any atom is 0.331 e. The predicted molar refractivity (Wildman–Crippen MR) is 120 cm³/mol. The number of rotatable bonds is 5. The van der Waals surface area contributed by atoms with Gasteiger partial charge in [-0.3, -0.25) is 4.79 Å². The molecular weight excluding hydrogens is 408 g/mol. The zero-order valence-corrected chi connectivity index (χ0v) is 18.9. The van der Waals surface area contributed by atoms with Crippen LogP contribution in [0.1, 0.15) is 51.5 Å². The lowest BCUT2D eigenvalue weighted by Crippen LogP contribution is -2.68. The number of likely N-dealkylation sites (tertiary alicyclic amines) is 1. The average Bonchev–Trinajstić information content (AvgIpc) is 2.82. The number of pyridine rings is 1. The third-order valence-corrected chi connectivity index (χ3v) is 6.36. The minimum Gasteiger partial charge on any atom is -0.464 e. The Morgan fingerprint density at radius 2 is 2.09 bits per heavy atom. The number of carbonyl (C=O) groups excluding carboxylic acids is 3. The fourth-order valence-corrected chi connectivity index (χ4v) is 4.33. The van der Waals surface area contributed by atoms with E-state index >= 15 is 0 Å². The molecule has 170 valence electrons. The van der Waals surface area contributed by atoms with E-state index in [4.69, 9.17) is 4.74 Å². The van der Waals surface area contributed by atoms with Crippen LogP contribution < -0.4 is 0 Å². The highest BCUT2D eigenvalue weighted by molar-refractivity contribution is 6.09. The Kier molecular flexibility index (Phi) is 7.62. The molecule has 1 saturated heterocycles. The quantitative estimate of drug-likeness (QED) is 0.305. The minimum atomic E-state index is -1.05. The number of amides is 3. The number of aromatic nitrogens is 1. The van der Waals surface area contributed by atoms with Crippen molar-refractivity contribution in [2.24, 2.45) is 16.8 Å². The normalized spacial score (nSPS) is 21.6. The van der Waals surface area contributed by atoms with E-state index in [9.17, 15) is 14.4 Å². The van der Waals surface area contributed by atoms with Crippen LogP contribution in [0.3, 0.4) is 0 Å². The number of carbonyl (C=O) groups is 3. The highest BCUT2D eigenvalue weighted by atomic mass is 16.5. The van der Waals surface area contributed by atoms with Crippen LogP contribution in [0.5, 0.6) is 0 Å². The van der Waals surface area contributed by atoms with Gasteiger partial charge in [-0.1, -0.05) is 31.1 Å². The van der Waals surface area contributed by atoms with Crippen molar-refractivity contribution in [1.82, 2.24) is 14.8 Å². The van der Waals surface area contributed by atoms with Crippen LogP contribution in [0.2, 0.25) is 0 Å². The topological polar surface area (TPSA) is 92.2 Å². The molecule has 2 heterocycles. The van der Waals surface area contributed by atoms with Crippen molar-refractivity contribution in [1.29, 1.82) is 0 Å². The van der Waals surface area contributed by atoms with Crippen LogP contribution in [0.15, 0.2) is 23.3 Å². The van der Waals surface area contributed by atoms with Gasteiger partial charge in [0.25, 0.3) is 0 Å². The molecule has 2 fully saturated rings. The van der Waals surface area contributed by atoms with Crippen LogP contribution in [0, 0.1) is 23.7 Å². The van der Waals surface area contributed by atoms with Crippen LogP contribution in [0.25, 0.3) is 0 Å². The van der Waals surface area contributed by atoms with E-state index in [1.165, 1.54) is 12.6 Å². The second-order valence-corrected chi connectivity index (χ2v) is 8.25. The number of hydrogen-bond donors (Lipinski definition) is 0. The Morgan fingerprint density at radius 3 is 2.75 bits per heavy atom. The molecule has 3 atom stereocenters. The molecule has 1 aliphatic carbocycles. The number of β-lactam (4-membered cyclic amide) rings is 1. The first-order valence-electron chi connectivity index (χ1n) is 11.1. The maximum absolute atomic E-state index is 13.2. The van der Waals surface area contributed by atoms with Gasteiger partial charge in [0.1, 0.15) is 5.92 Å². The van der Waals surface area contributed by atoms with E-state index in [0.29, 0.717) is 17.3 Å². The Labute approximate surface area is 189 Å². The molecule has 3 amide bonds. The van der Waals surface area contributed by atoms with Gasteiger partial charge in [-0.15, -0.1) is 0 Å². The molecule has 0 radical (unpaired) electrons. The van der Waals surface area contributed by atoms with Gasteiger partial charge >= 0.3 is 12.0 Å². The van der Waals surface area contributed by atoms with Gasteiger partial charge in [0, 0.05) is 24.8 Å². The van der Waals surface area contributed by atoms with Crippen molar-refractivity contribution in [3.05, 3.63) is 23.9 Å². The van der Waals surface area contributed by atoms with Gasteiger partial charge in [-0.2, -0.15) is 0 Å². The molecule has 0 aromatic carbocycles. The van der Waals surface area contributed by atoms with Crippen LogP contribution in [-0.2, 0) is 14.3 Å². The van der Waals surface area contributed by atoms with E-state index in [2.05, 4.69) is 28.5 Å². The summed E-state index contributed by atoms with van der Waals surface area (Å²) in [5, 5.41) is 0. The molecule has 8 nitrogen and oxygen atoms in total. The summed E-state index contributed by atoms with van der Waals surface area (Å²) in [5.41, 5.74) is 0.589. The molecule has 8 heteroatoms. The molecular formula is C24H30N4O4. The number of esters is 1. The van der Waals surface area contributed by atoms with Crippen LogP contribution in [-0.4, -0.2) is 65.1 Å². The van der Waals surface area contributed by atoms with Gasteiger partial charge < -0.3 is 9.64 Å². The number of aliphatic imine (C=N–C) groups is 1. The minimum absolute atomic E-state index is 0.0229. The second kappa shape index (κ2) is 10.4. The average molecular weight is 439 g/mol. The van der Waals surface area contributed by atoms with Crippen molar-refractivity contribution in [2.75, 3.05) is 13.7 Å². The fourth-order valence-electron chi connectivity index (χ4n) is 4.33. The van der Waals surface area contributed by atoms with Gasteiger partial charge in [0.05, 0.1) is 6.61 Å². The van der Waals surface area contributed by atoms with Crippen LogP contribution in [0.4, 0.5) is 10.6 Å². The number of imide groups is 1. The predicted octanol–water partition coefficient (Wildman–Crippen LogP) is 3.18. The second-order valence-electron chi connectivity index (χ2n) is 8.25. The third kappa shape index (κ3) is 4.82. The van der Waals surface area contributed by atoms with Crippen LogP contribution >= 0.6 is 0 Å². The summed E-state index contributed by atoms with van der Waals surface area (Å²) in [6, 6.07) is 1.75. The standard InChI is InChI=1S/C24H30N4O4/c1-5-32-23(30)21-19(12-11-17-13-14-26-20(15-17)25-3)22(29)28(21)24(31)27(4)16(2)18-9-7-6-8-10-18/h13-16,18-19,21H,3,5-10H2,1-2,4H3/t16-,19-,21+/m1/s1. The van der Waals surface area contributed by atoms with E-state index in [-0.39, 0.29) is 12.6 Å². The number of ether oxygens (including phenoxy) is 1. The van der Waals surface area contributed by atoms with Crippen molar-refractivity contribution in [2.45, 2.75) is 58.0 Å². The summed E-state index contributed by atoms with van der Waals surface area (Å²) in [6.45, 7) is 7.27. The molecule has 3 rings (SSSR count). The maximum atomic E-state index is 13.2. The molecule has 1 saturated carbocycles. The van der Waals surface area contributed by atoms with Gasteiger partial charge in [0.2, 0.25) is 5.91 Å². The number of hydrogen-bond acceptors (Lipinski definition) is 6. The largest absolute Gasteiger partial charge is 0.464 e. The smallest absolute Gasteiger partial charge is 0.331 e. The molecule has 1 aromatic rings. The zero-order valence-electron chi connectivity index (χ0n) is 18.9. The first kappa shape index (κ1) is 23.5. The lowest BCUT2D eigenvalue weighted by atomic mass is 9.84. The number of urea groups is 1. The van der Waals surface area contributed by atoms with Gasteiger partial charge in [-0.25, -0.2) is 24.5 Å². The molecule has 0 unspecified atom stereocenters. The molecule has 2 aliphatic rings. The molecule has 0 N–H and O–H groups in total. The Balaban J connectivity index is 1.79. The SMILES string of the molecule is C=Nc1cc(C#C[C@H]2C(=O)N(C(=O)N(C)[C@H](C)C3CCCCC3)[C@@H]2C(=O)OCC)ccn1. The van der Waals surface area contributed by atoms with Crippen molar-refractivity contribution < 1.29 is 19.1 Å². The first-order chi connectivity index (χ1) is 15.4. The highest BCUT2D eigenvalue weighted by Gasteiger charge is 2.56. The summed E-state index contributed by atoms with van der Waals surface area (Å²) in [5.74, 6) is 4.48. The van der Waals surface area contributed by atoms with E-state index in [1.807, 2.05) is 6.92 Å². The lowest BCUT2D eigenvalue weighted by Gasteiger charge is -2.45.